The molecule has 0 radical (unpaired) electrons. The molecule has 2 atom stereocenters. The van der Waals surface area contributed by atoms with Gasteiger partial charge in [-0.15, -0.1) is 0 Å². The van der Waals surface area contributed by atoms with E-state index in [4.69, 9.17) is 15.2 Å². The van der Waals surface area contributed by atoms with Crippen LogP contribution in [0.5, 0.6) is 0 Å². The van der Waals surface area contributed by atoms with E-state index in [-0.39, 0.29) is 11.5 Å². The number of ether oxygens (including phenoxy) is 2. The van der Waals surface area contributed by atoms with E-state index in [0.29, 0.717) is 12.5 Å². The highest BCUT2D eigenvalue weighted by atomic mass is 16.5. The molecule has 1 aliphatic heterocycles. The van der Waals surface area contributed by atoms with Crippen LogP contribution in [0, 0.1) is 11.3 Å². The molecule has 0 amide bonds. The van der Waals surface area contributed by atoms with E-state index in [1.165, 1.54) is 0 Å². The lowest BCUT2D eigenvalue weighted by molar-refractivity contribution is -0.0284. The Morgan fingerprint density at radius 1 is 1.50 bits per heavy atom. The van der Waals surface area contributed by atoms with Gasteiger partial charge in [-0.05, 0) is 11.8 Å². The van der Waals surface area contributed by atoms with Crippen LogP contribution in [-0.4, -0.2) is 32.5 Å². The van der Waals surface area contributed by atoms with Crippen LogP contribution in [0.4, 0.5) is 0 Å². The molecule has 0 saturated carbocycles. The normalized spacial score (nSPS) is 25.3. The van der Waals surface area contributed by atoms with E-state index < -0.39 is 0 Å². The number of nitrogens with two attached hydrogens (primary N) is 1. The van der Waals surface area contributed by atoms with Crippen molar-refractivity contribution in [3.05, 3.63) is 0 Å². The smallest absolute Gasteiger partial charge is 0.0745 e. The summed E-state index contributed by atoms with van der Waals surface area (Å²) in [6.45, 7) is 9.61. The molecule has 0 spiro atoms. The van der Waals surface area contributed by atoms with Gasteiger partial charge in [0.1, 0.15) is 0 Å². The Morgan fingerprint density at radius 2 is 2.21 bits per heavy atom. The number of hydrogen-bond acceptors (Lipinski definition) is 3. The quantitative estimate of drug-likeness (QED) is 0.748. The Balaban J connectivity index is 2.26. The summed E-state index contributed by atoms with van der Waals surface area (Å²) in [6.07, 6.45) is 1.28. The molecule has 14 heavy (non-hydrogen) atoms. The van der Waals surface area contributed by atoms with Crippen LogP contribution >= 0.6 is 0 Å². The molecule has 1 rings (SSSR count). The van der Waals surface area contributed by atoms with E-state index >= 15 is 0 Å². The third kappa shape index (κ3) is 3.56. The molecule has 2 unspecified atom stereocenters. The summed E-state index contributed by atoms with van der Waals surface area (Å²) in [5, 5.41) is 0. The molecule has 1 fully saturated rings. The fourth-order valence-electron chi connectivity index (χ4n) is 1.64. The van der Waals surface area contributed by atoms with E-state index in [1.807, 2.05) is 0 Å². The van der Waals surface area contributed by atoms with Crippen LogP contribution in [0.1, 0.15) is 27.2 Å². The topological polar surface area (TPSA) is 44.5 Å². The van der Waals surface area contributed by atoms with Crippen LogP contribution in [-0.2, 0) is 9.47 Å². The zero-order valence-electron chi connectivity index (χ0n) is 9.58. The minimum atomic E-state index is 0.133. The van der Waals surface area contributed by atoms with Gasteiger partial charge in [-0.2, -0.15) is 0 Å². The van der Waals surface area contributed by atoms with Crippen molar-refractivity contribution in [3.8, 4) is 0 Å². The van der Waals surface area contributed by atoms with Gasteiger partial charge in [0.25, 0.3) is 0 Å². The van der Waals surface area contributed by atoms with Crippen molar-refractivity contribution in [1.82, 2.24) is 0 Å². The monoisotopic (exact) mass is 201 g/mol. The second kappa shape index (κ2) is 5.10. The average molecular weight is 201 g/mol. The highest BCUT2D eigenvalue weighted by Gasteiger charge is 2.25. The van der Waals surface area contributed by atoms with Gasteiger partial charge in [-0.25, -0.2) is 0 Å². The van der Waals surface area contributed by atoms with Gasteiger partial charge >= 0.3 is 0 Å². The van der Waals surface area contributed by atoms with Crippen LogP contribution < -0.4 is 5.73 Å². The van der Waals surface area contributed by atoms with E-state index in [9.17, 15) is 0 Å². The van der Waals surface area contributed by atoms with Gasteiger partial charge in [-0.1, -0.05) is 20.8 Å². The zero-order valence-corrected chi connectivity index (χ0v) is 9.58. The summed E-state index contributed by atoms with van der Waals surface area (Å²) in [5.74, 6) is 0.575. The van der Waals surface area contributed by atoms with Crippen LogP contribution in [0.15, 0.2) is 0 Å². The maximum Gasteiger partial charge on any atom is 0.0745 e. The molecule has 84 valence electrons. The fourth-order valence-corrected chi connectivity index (χ4v) is 1.64. The molecule has 1 heterocycles. The summed E-state index contributed by atoms with van der Waals surface area (Å²) < 4.78 is 11.1. The molecular weight excluding hydrogens is 178 g/mol. The summed E-state index contributed by atoms with van der Waals surface area (Å²) in [7, 11) is 0. The lowest BCUT2D eigenvalue weighted by Gasteiger charge is -2.30. The molecule has 2 N–H and O–H groups in total. The molecule has 3 nitrogen and oxygen atoms in total. The Labute approximate surface area is 86.9 Å². The number of rotatable bonds is 4. The SMILES string of the molecule is CC(C)(C)C(CN)OCC1CCOC1. The highest BCUT2D eigenvalue weighted by Crippen LogP contribution is 2.23. The van der Waals surface area contributed by atoms with Gasteiger partial charge < -0.3 is 15.2 Å². The molecule has 1 aliphatic rings. The van der Waals surface area contributed by atoms with Crippen molar-refractivity contribution in [2.45, 2.75) is 33.3 Å². The van der Waals surface area contributed by atoms with Gasteiger partial charge in [0.05, 0.1) is 19.3 Å². The molecule has 3 heteroatoms. The Kier molecular flexibility index (Phi) is 4.35. The predicted molar refractivity (Wildman–Crippen MR) is 57.2 cm³/mol. The maximum atomic E-state index is 5.83. The Morgan fingerprint density at radius 3 is 2.64 bits per heavy atom. The minimum absolute atomic E-state index is 0.133. The molecule has 0 bridgehead atoms. The van der Waals surface area contributed by atoms with Crippen molar-refractivity contribution in [2.24, 2.45) is 17.1 Å². The minimum Gasteiger partial charge on any atom is -0.381 e. The standard InChI is InChI=1S/C11H23NO2/c1-11(2,3)10(6-12)14-8-9-4-5-13-7-9/h9-10H,4-8,12H2,1-3H3. The Hall–Kier alpha value is -0.120. The third-order valence-corrected chi connectivity index (χ3v) is 2.74. The van der Waals surface area contributed by atoms with E-state index in [0.717, 1.165) is 26.2 Å². The summed E-state index contributed by atoms with van der Waals surface area (Å²) in [5.41, 5.74) is 5.82. The fraction of sp³-hybridized carbons (Fsp3) is 1.00. The average Bonchev–Trinajstić information content (AvgIpc) is 2.55. The lowest BCUT2D eigenvalue weighted by Crippen LogP contribution is -2.37. The lowest BCUT2D eigenvalue weighted by atomic mass is 9.89. The summed E-state index contributed by atoms with van der Waals surface area (Å²) in [4.78, 5) is 0. The maximum absolute atomic E-state index is 5.83. The molecule has 0 aromatic carbocycles. The third-order valence-electron chi connectivity index (χ3n) is 2.74. The molecule has 0 aromatic rings. The van der Waals surface area contributed by atoms with Crippen molar-refractivity contribution >= 4 is 0 Å². The molecule has 0 aromatic heterocycles. The van der Waals surface area contributed by atoms with Crippen molar-refractivity contribution in [1.29, 1.82) is 0 Å². The first-order valence-electron chi connectivity index (χ1n) is 5.43. The second-order valence-electron chi connectivity index (χ2n) is 5.15. The highest BCUT2D eigenvalue weighted by molar-refractivity contribution is 4.76. The van der Waals surface area contributed by atoms with Gasteiger partial charge in [-0.3, -0.25) is 0 Å². The molecule has 0 aliphatic carbocycles. The first-order chi connectivity index (χ1) is 6.54. The van der Waals surface area contributed by atoms with Crippen LogP contribution in [0.25, 0.3) is 0 Å². The van der Waals surface area contributed by atoms with Gasteiger partial charge in [0, 0.05) is 19.1 Å². The van der Waals surface area contributed by atoms with Crippen molar-refractivity contribution < 1.29 is 9.47 Å². The summed E-state index contributed by atoms with van der Waals surface area (Å²) in [6, 6.07) is 0. The molecule has 1 saturated heterocycles. The Bertz CT molecular complexity index is 159. The van der Waals surface area contributed by atoms with E-state index in [2.05, 4.69) is 20.8 Å². The van der Waals surface area contributed by atoms with E-state index in [1.54, 1.807) is 0 Å². The molecular formula is C11H23NO2. The largest absolute Gasteiger partial charge is 0.381 e. The zero-order chi connectivity index (χ0) is 10.6. The predicted octanol–water partition coefficient (Wildman–Crippen LogP) is 1.41. The van der Waals surface area contributed by atoms with Gasteiger partial charge in [0.15, 0.2) is 0 Å². The van der Waals surface area contributed by atoms with Crippen molar-refractivity contribution in [3.63, 3.8) is 0 Å². The summed E-state index contributed by atoms with van der Waals surface area (Å²) >= 11 is 0. The van der Waals surface area contributed by atoms with Gasteiger partial charge in [0.2, 0.25) is 0 Å². The number of hydrogen-bond donors (Lipinski definition) is 1. The van der Waals surface area contributed by atoms with Crippen molar-refractivity contribution in [2.75, 3.05) is 26.4 Å². The van der Waals surface area contributed by atoms with Crippen LogP contribution in [0.2, 0.25) is 0 Å². The van der Waals surface area contributed by atoms with Crippen LogP contribution in [0.3, 0.4) is 0 Å². The first kappa shape index (κ1) is 12.0. The second-order valence-corrected chi connectivity index (χ2v) is 5.15. The first-order valence-corrected chi connectivity index (χ1v) is 5.43.